The topological polar surface area (TPSA) is 101 Å². The Kier molecular flexibility index (Phi) is 10.1. The molecule has 0 bridgehead atoms. The van der Waals surface area contributed by atoms with Gasteiger partial charge in [-0.2, -0.15) is 0 Å². The van der Waals surface area contributed by atoms with Crippen molar-refractivity contribution in [3.05, 3.63) is 71.0 Å². The monoisotopic (exact) mass is 702 g/mol. The zero-order valence-electron chi connectivity index (χ0n) is 29.9. The number of ether oxygens (including phenoxy) is 3. The maximum atomic E-state index is 11.8. The van der Waals surface area contributed by atoms with Crippen LogP contribution in [0.2, 0.25) is 0 Å². The van der Waals surface area contributed by atoms with Crippen molar-refractivity contribution in [2.75, 3.05) is 46.0 Å². The Morgan fingerprint density at radius 1 is 0.725 bits per heavy atom. The molecule has 0 aliphatic carbocycles. The minimum atomic E-state index is -1.15. The molecule has 0 spiro atoms. The van der Waals surface area contributed by atoms with Crippen molar-refractivity contribution < 1.29 is 58.5 Å². The summed E-state index contributed by atoms with van der Waals surface area (Å²) < 4.78 is 21.6. The number of para-hydroxylation sites is 2. The van der Waals surface area contributed by atoms with E-state index in [1.54, 1.807) is 0 Å². The van der Waals surface area contributed by atoms with E-state index >= 15 is 0 Å². The summed E-state index contributed by atoms with van der Waals surface area (Å²) in [7, 11) is 0. The first-order chi connectivity index (χ1) is 24.5. The van der Waals surface area contributed by atoms with E-state index in [1.165, 1.54) is 83.1 Å². The van der Waals surface area contributed by atoms with E-state index in [0.29, 0.717) is 30.5 Å². The third-order valence-corrected chi connectivity index (χ3v) is 12.4. The number of aromatic nitrogens is 2. The van der Waals surface area contributed by atoms with Crippen molar-refractivity contribution in [1.29, 1.82) is 0 Å². The molecule has 2 aromatic heterocycles. The number of hydrogen-bond donors (Lipinski definition) is 0. The molecule has 0 radical (unpaired) electrons. The van der Waals surface area contributed by atoms with Crippen LogP contribution in [0.1, 0.15) is 92.5 Å². The molecular formula is C40H47N4NaO6. The quantitative estimate of drug-likeness (QED) is 0.213. The van der Waals surface area contributed by atoms with Crippen LogP contribution in [0.4, 0.5) is 0 Å². The molecule has 6 aliphatic rings. The predicted octanol–water partition coefficient (Wildman–Crippen LogP) is 2.06. The van der Waals surface area contributed by atoms with E-state index in [4.69, 9.17) is 14.2 Å². The van der Waals surface area contributed by atoms with Gasteiger partial charge in [0.15, 0.2) is 0 Å². The normalized spacial score (nSPS) is 27.5. The molecule has 0 saturated carbocycles. The average molecular weight is 703 g/mol. The minimum Gasteiger partial charge on any atom is -0.548 e. The Morgan fingerprint density at radius 3 is 1.71 bits per heavy atom. The number of carboxylic acid groups (broad SMARTS) is 1. The zero-order chi connectivity index (χ0) is 33.9. The Morgan fingerprint density at radius 2 is 1.22 bits per heavy atom. The smallest absolute Gasteiger partial charge is 0.548 e. The van der Waals surface area contributed by atoms with Crippen molar-refractivity contribution in [3.8, 4) is 0 Å². The third kappa shape index (κ3) is 6.08. The summed E-state index contributed by atoms with van der Waals surface area (Å²) in [5, 5.41) is 13.6. The molecule has 8 heterocycles. The number of carbonyl (C=O) groups is 2. The number of esters is 1. The van der Waals surface area contributed by atoms with Gasteiger partial charge >= 0.3 is 35.5 Å². The van der Waals surface area contributed by atoms with Crippen molar-refractivity contribution >= 4 is 33.7 Å². The molecule has 264 valence electrons. The van der Waals surface area contributed by atoms with Crippen molar-refractivity contribution in [2.45, 2.75) is 82.8 Å². The maximum absolute atomic E-state index is 11.8. The number of benzene rings is 2. The number of nitrogens with zero attached hydrogens (tertiary/aromatic N) is 4. The number of aliphatic carboxylic acids is 1. The summed E-state index contributed by atoms with van der Waals surface area (Å²) in [6.07, 6.45) is 8.71. The third-order valence-electron chi connectivity index (χ3n) is 12.4. The Hall–Kier alpha value is -2.70. The molecule has 0 N–H and O–H groups in total. The molecule has 2 unspecified atom stereocenters. The fraction of sp³-hybridized carbons (Fsp3) is 0.550. The molecule has 2 aromatic carbocycles. The first kappa shape index (κ1) is 35.3. The maximum Gasteiger partial charge on any atom is 1.00 e. The van der Waals surface area contributed by atoms with Crippen LogP contribution >= 0.6 is 0 Å². The van der Waals surface area contributed by atoms with E-state index in [9.17, 15) is 14.7 Å². The van der Waals surface area contributed by atoms with Gasteiger partial charge in [-0.3, -0.25) is 9.80 Å². The van der Waals surface area contributed by atoms with Crippen LogP contribution in [0, 0.1) is 11.8 Å². The average Bonchev–Trinajstić information content (AvgIpc) is 3.67. The second-order valence-electron chi connectivity index (χ2n) is 14.9. The van der Waals surface area contributed by atoms with E-state index in [1.807, 2.05) is 6.92 Å². The van der Waals surface area contributed by atoms with Crippen LogP contribution < -0.4 is 34.7 Å². The summed E-state index contributed by atoms with van der Waals surface area (Å²) in [5.74, 6) is -0.244. The van der Waals surface area contributed by atoms with Crippen molar-refractivity contribution in [3.63, 3.8) is 0 Å². The van der Waals surface area contributed by atoms with Gasteiger partial charge in [0.1, 0.15) is 19.1 Å². The molecule has 10 rings (SSSR count). The van der Waals surface area contributed by atoms with Gasteiger partial charge in [0.25, 0.3) is 0 Å². The summed E-state index contributed by atoms with van der Waals surface area (Å²) in [5.41, 5.74) is 8.19. The number of hydrogen-bond acceptors (Lipinski definition) is 8. The predicted molar refractivity (Wildman–Crippen MR) is 186 cm³/mol. The number of rotatable bonds is 7. The molecule has 10 nitrogen and oxygen atoms in total. The van der Waals surface area contributed by atoms with E-state index in [2.05, 4.69) is 67.5 Å². The van der Waals surface area contributed by atoms with Gasteiger partial charge in [-0.25, -0.2) is 4.79 Å². The van der Waals surface area contributed by atoms with Crippen LogP contribution in [0.15, 0.2) is 48.5 Å². The van der Waals surface area contributed by atoms with E-state index in [-0.39, 0.29) is 61.2 Å². The fourth-order valence-electron chi connectivity index (χ4n) is 10.6. The van der Waals surface area contributed by atoms with Crippen molar-refractivity contribution in [1.82, 2.24) is 18.9 Å². The summed E-state index contributed by atoms with van der Waals surface area (Å²) in [4.78, 5) is 28.1. The molecule has 6 atom stereocenters. The van der Waals surface area contributed by atoms with Gasteiger partial charge in [0.05, 0.1) is 42.3 Å². The number of carbonyl (C=O) groups excluding carboxylic acids is 2. The van der Waals surface area contributed by atoms with E-state index < -0.39 is 5.97 Å². The molecule has 11 heteroatoms. The molecule has 2 fully saturated rings. The summed E-state index contributed by atoms with van der Waals surface area (Å²) >= 11 is 0. The van der Waals surface area contributed by atoms with Gasteiger partial charge in [-0.05, 0) is 106 Å². The second-order valence-corrected chi connectivity index (χ2v) is 14.9. The first-order valence-electron chi connectivity index (χ1n) is 18.8. The Bertz CT molecular complexity index is 1940. The zero-order valence-corrected chi connectivity index (χ0v) is 31.9. The number of fused-ring (bicyclic) bond motifs is 6. The van der Waals surface area contributed by atoms with E-state index in [0.717, 1.165) is 38.8 Å². The molecule has 2 saturated heterocycles. The second kappa shape index (κ2) is 14.6. The Labute approximate surface area is 321 Å². The van der Waals surface area contributed by atoms with Crippen LogP contribution in [0.25, 0.3) is 21.8 Å². The largest absolute Gasteiger partial charge is 1.00 e. The Balaban J connectivity index is 0.000000144. The molecule has 6 aliphatic heterocycles. The molecule has 51 heavy (non-hydrogen) atoms. The fourth-order valence-corrected chi connectivity index (χ4v) is 10.6. The SMILES string of the molecule is CCOC(=O)COC1C[C@@H]2CCCN3CCc4c(n1c1ccccc41)[C@@H]23.O=C([O-])COC1C[C@@H]2CCCN3CCc4c(n1c1ccccc41)[C@@H]23.[Na+]. The number of piperidine rings is 2. The van der Waals surface area contributed by atoms with Gasteiger partial charge < -0.3 is 33.2 Å². The van der Waals surface area contributed by atoms with Gasteiger partial charge in [0, 0.05) is 35.2 Å². The van der Waals surface area contributed by atoms with Crippen LogP contribution in [-0.2, 0) is 36.6 Å². The van der Waals surface area contributed by atoms with Gasteiger partial charge in [0.2, 0.25) is 0 Å². The first-order valence-corrected chi connectivity index (χ1v) is 18.8. The summed E-state index contributed by atoms with van der Waals surface area (Å²) in [6.45, 7) is 6.59. The van der Waals surface area contributed by atoms with Crippen LogP contribution in [0.3, 0.4) is 0 Å². The van der Waals surface area contributed by atoms with Crippen LogP contribution in [0.5, 0.6) is 0 Å². The summed E-state index contributed by atoms with van der Waals surface area (Å²) in [6, 6.07) is 18.1. The molecular weight excluding hydrogens is 655 g/mol. The van der Waals surface area contributed by atoms with Gasteiger partial charge in [-0.1, -0.05) is 36.4 Å². The minimum absolute atomic E-state index is 0. The molecule has 4 aromatic rings. The van der Waals surface area contributed by atoms with Crippen molar-refractivity contribution in [2.24, 2.45) is 11.8 Å². The number of carboxylic acids is 1. The van der Waals surface area contributed by atoms with Gasteiger partial charge in [-0.15, -0.1) is 0 Å². The molecule has 0 amide bonds. The van der Waals surface area contributed by atoms with Crippen LogP contribution in [-0.4, -0.2) is 76.9 Å². The standard InChI is InChI=1S/C21H26N2O3.C19H22N2O3.Na/c1-2-25-19(24)13-26-18-12-14-6-5-10-22-11-9-16-15-7-3-4-8-17(15)23(18)21(16)20(14)22;22-17(23)11-24-16-10-12-4-3-8-20-9-7-14-13-5-1-2-6-15(13)21(16)19(14)18(12)20;/h3-4,7-8,14,18,20H,2,5-6,9-13H2,1H3;1-2,5-6,12,16,18H,3-4,7-11H2,(H,22,23);/q;;+1/p-1/t14-,18?,20+;12-,16?,18+;/m00./s1.